The Bertz CT molecular complexity index is 1260. The number of carbonyl (C=O) groups is 2. The Morgan fingerprint density at radius 3 is 2.11 bits per heavy atom. The highest BCUT2D eigenvalue weighted by Crippen LogP contribution is 2.25. The third-order valence-electron chi connectivity index (χ3n) is 5.61. The van der Waals surface area contributed by atoms with Gasteiger partial charge in [-0.05, 0) is 78.4 Å². The minimum Gasteiger partial charge on any atom is -0.357 e. The second kappa shape index (κ2) is 11.7. The molecule has 3 aromatic rings. The van der Waals surface area contributed by atoms with Crippen molar-refractivity contribution in [1.29, 1.82) is 0 Å². The molecule has 0 saturated carbocycles. The van der Waals surface area contributed by atoms with Gasteiger partial charge in [-0.1, -0.05) is 48.0 Å². The number of hydrogen-bond donors (Lipinski definition) is 1. The van der Waals surface area contributed by atoms with Crippen LogP contribution in [0.2, 0.25) is 0 Å². The highest BCUT2D eigenvalue weighted by Gasteiger charge is 2.32. The fourth-order valence-electron chi connectivity index (χ4n) is 3.54. The van der Waals surface area contributed by atoms with E-state index in [-0.39, 0.29) is 17.3 Å². The van der Waals surface area contributed by atoms with Crippen LogP contribution >= 0.6 is 22.6 Å². The molecule has 0 aliphatic rings. The molecular formula is C26H28IN3O4S. The van der Waals surface area contributed by atoms with E-state index < -0.39 is 28.5 Å². The first-order valence-corrected chi connectivity index (χ1v) is 13.6. The van der Waals surface area contributed by atoms with Gasteiger partial charge in [0.1, 0.15) is 12.6 Å². The highest BCUT2D eigenvalue weighted by atomic mass is 127. The minimum atomic E-state index is -4.04. The van der Waals surface area contributed by atoms with E-state index in [0.717, 1.165) is 19.0 Å². The van der Waals surface area contributed by atoms with Crippen molar-refractivity contribution in [2.24, 2.45) is 0 Å². The number of sulfonamides is 1. The lowest BCUT2D eigenvalue weighted by molar-refractivity contribution is -0.139. The molecule has 0 radical (unpaired) electrons. The molecule has 2 amide bonds. The van der Waals surface area contributed by atoms with Crippen molar-refractivity contribution in [1.82, 2.24) is 10.2 Å². The molecule has 0 aromatic heterocycles. The van der Waals surface area contributed by atoms with Crippen molar-refractivity contribution in [3.8, 4) is 0 Å². The zero-order chi connectivity index (χ0) is 25.6. The van der Waals surface area contributed by atoms with Crippen molar-refractivity contribution in [2.75, 3.05) is 17.9 Å². The van der Waals surface area contributed by atoms with Crippen molar-refractivity contribution < 1.29 is 18.0 Å². The third kappa shape index (κ3) is 6.61. The summed E-state index contributed by atoms with van der Waals surface area (Å²) >= 11 is 2.14. The van der Waals surface area contributed by atoms with Gasteiger partial charge in [-0.3, -0.25) is 13.9 Å². The van der Waals surface area contributed by atoms with Crippen molar-refractivity contribution in [3.63, 3.8) is 0 Å². The summed E-state index contributed by atoms with van der Waals surface area (Å²) in [7, 11) is -2.54. The number of amides is 2. The summed E-state index contributed by atoms with van der Waals surface area (Å²) < 4.78 is 29.2. The SMILES string of the molecule is CNC(=O)[C@H](C)N(Cc1ccc(C)cc1)C(=O)CN(c1ccc(I)cc1)S(=O)(=O)c1ccccc1. The first-order valence-electron chi connectivity index (χ1n) is 11.0. The lowest BCUT2D eigenvalue weighted by Gasteiger charge is -2.31. The first-order chi connectivity index (χ1) is 16.6. The molecule has 1 N–H and O–H groups in total. The largest absolute Gasteiger partial charge is 0.357 e. The Balaban J connectivity index is 2.00. The topological polar surface area (TPSA) is 86.8 Å². The van der Waals surface area contributed by atoms with Gasteiger partial charge in [-0.2, -0.15) is 0 Å². The van der Waals surface area contributed by atoms with E-state index in [0.29, 0.717) is 5.69 Å². The average Bonchev–Trinajstić information content (AvgIpc) is 2.87. The van der Waals surface area contributed by atoms with Crippen LogP contribution in [0.25, 0.3) is 0 Å². The van der Waals surface area contributed by atoms with Gasteiger partial charge in [-0.15, -0.1) is 0 Å². The summed E-state index contributed by atoms with van der Waals surface area (Å²) in [6.07, 6.45) is 0. The molecule has 0 fully saturated rings. The normalized spacial score (nSPS) is 12.0. The van der Waals surface area contributed by atoms with E-state index in [4.69, 9.17) is 0 Å². The molecular weight excluding hydrogens is 577 g/mol. The molecule has 184 valence electrons. The molecule has 0 heterocycles. The maximum atomic E-state index is 13.6. The van der Waals surface area contributed by atoms with Crippen LogP contribution in [-0.4, -0.2) is 44.8 Å². The van der Waals surface area contributed by atoms with Crippen LogP contribution in [-0.2, 0) is 26.2 Å². The molecule has 35 heavy (non-hydrogen) atoms. The number of likely N-dealkylation sites (N-methyl/N-ethyl adjacent to an activating group) is 1. The third-order valence-corrected chi connectivity index (χ3v) is 8.12. The molecule has 9 heteroatoms. The van der Waals surface area contributed by atoms with E-state index in [2.05, 4.69) is 27.9 Å². The average molecular weight is 605 g/mol. The maximum absolute atomic E-state index is 13.6. The van der Waals surface area contributed by atoms with E-state index in [1.165, 1.54) is 24.1 Å². The molecule has 0 saturated heterocycles. The zero-order valence-corrected chi connectivity index (χ0v) is 22.8. The Morgan fingerprint density at radius 1 is 0.943 bits per heavy atom. The number of aryl methyl sites for hydroxylation is 1. The zero-order valence-electron chi connectivity index (χ0n) is 19.8. The number of nitrogens with one attached hydrogen (secondary N) is 1. The van der Waals surface area contributed by atoms with Crippen molar-refractivity contribution >= 4 is 50.1 Å². The van der Waals surface area contributed by atoms with Crippen LogP contribution in [0.5, 0.6) is 0 Å². The standard InChI is InChI=1S/C26H28IN3O4S/c1-19-9-11-21(12-10-19)17-29(20(2)26(32)28-3)25(31)18-30(23-15-13-22(27)14-16-23)35(33,34)24-7-5-4-6-8-24/h4-16,20H,17-18H2,1-3H3,(H,28,32)/t20-/m0/s1. The summed E-state index contributed by atoms with van der Waals surface area (Å²) in [4.78, 5) is 27.6. The van der Waals surface area contributed by atoms with Crippen LogP contribution in [0.15, 0.2) is 83.8 Å². The summed E-state index contributed by atoms with van der Waals surface area (Å²) in [6, 6.07) is 21.7. The van der Waals surface area contributed by atoms with Crippen LogP contribution < -0.4 is 9.62 Å². The monoisotopic (exact) mass is 605 g/mol. The number of hydrogen-bond acceptors (Lipinski definition) is 4. The van der Waals surface area contributed by atoms with Gasteiger partial charge in [0, 0.05) is 17.2 Å². The number of rotatable bonds is 9. The molecule has 0 aliphatic heterocycles. The maximum Gasteiger partial charge on any atom is 0.264 e. The fraction of sp³-hybridized carbons (Fsp3) is 0.231. The van der Waals surface area contributed by atoms with E-state index in [1.54, 1.807) is 49.4 Å². The van der Waals surface area contributed by atoms with E-state index in [1.807, 2.05) is 31.2 Å². The number of anilines is 1. The Labute approximate surface area is 220 Å². The van der Waals surface area contributed by atoms with E-state index in [9.17, 15) is 18.0 Å². The van der Waals surface area contributed by atoms with Crippen molar-refractivity contribution in [2.45, 2.75) is 31.3 Å². The van der Waals surface area contributed by atoms with Gasteiger partial charge in [0.15, 0.2) is 0 Å². The number of nitrogens with zero attached hydrogens (tertiary/aromatic N) is 2. The van der Waals surface area contributed by atoms with Gasteiger partial charge in [0.2, 0.25) is 11.8 Å². The van der Waals surface area contributed by atoms with Crippen molar-refractivity contribution in [3.05, 3.63) is 93.6 Å². The lowest BCUT2D eigenvalue weighted by atomic mass is 10.1. The number of benzene rings is 3. The van der Waals surface area contributed by atoms with E-state index >= 15 is 0 Å². The molecule has 3 rings (SSSR count). The fourth-order valence-corrected chi connectivity index (χ4v) is 5.33. The Kier molecular flexibility index (Phi) is 8.90. The van der Waals surface area contributed by atoms with Crippen LogP contribution in [0, 0.1) is 10.5 Å². The Hall–Kier alpha value is -2.92. The summed E-state index contributed by atoms with van der Waals surface area (Å²) in [5.74, 6) is -0.822. The van der Waals surface area contributed by atoms with Gasteiger partial charge < -0.3 is 10.2 Å². The lowest BCUT2D eigenvalue weighted by Crippen LogP contribution is -2.50. The molecule has 0 unspecified atom stereocenters. The minimum absolute atomic E-state index is 0.0794. The highest BCUT2D eigenvalue weighted by molar-refractivity contribution is 14.1. The predicted octanol–water partition coefficient (Wildman–Crippen LogP) is 3.96. The van der Waals surface area contributed by atoms with Gasteiger partial charge in [-0.25, -0.2) is 8.42 Å². The van der Waals surface area contributed by atoms with Crippen LogP contribution in [0.3, 0.4) is 0 Å². The quantitative estimate of drug-likeness (QED) is 0.375. The summed E-state index contributed by atoms with van der Waals surface area (Å²) in [5.41, 5.74) is 2.28. The van der Waals surface area contributed by atoms with Gasteiger partial charge >= 0.3 is 0 Å². The second-order valence-electron chi connectivity index (χ2n) is 8.10. The Morgan fingerprint density at radius 2 is 1.54 bits per heavy atom. The number of halogens is 1. The predicted molar refractivity (Wildman–Crippen MR) is 145 cm³/mol. The molecule has 0 aliphatic carbocycles. The number of carbonyl (C=O) groups excluding carboxylic acids is 2. The van der Waals surface area contributed by atoms with Crippen LogP contribution in [0.4, 0.5) is 5.69 Å². The van der Waals surface area contributed by atoms with Gasteiger partial charge in [0.25, 0.3) is 10.0 Å². The summed E-state index contributed by atoms with van der Waals surface area (Å²) in [6.45, 7) is 3.31. The van der Waals surface area contributed by atoms with Gasteiger partial charge in [0.05, 0.1) is 10.6 Å². The molecule has 3 aromatic carbocycles. The second-order valence-corrected chi connectivity index (χ2v) is 11.2. The smallest absolute Gasteiger partial charge is 0.264 e. The molecule has 0 bridgehead atoms. The summed E-state index contributed by atoms with van der Waals surface area (Å²) in [5, 5.41) is 2.58. The molecule has 7 nitrogen and oxygen atoms in total. The molecule has 1 atom stereocenters. The molecule has 0 spiro atoms. The first kappa shape index (κ1) is 26.7. The van der Waals surface area contributed by atoms with Crippen LogP contribution in [0.1, 0.15) is 18.1 Å².